The van der Waals surface area contributed by atoms with Gasteiger partial charge < -0.3 is 0 Å². The summed E-state index contributed by atoms with van der Waals surface area (Å²) in [4.78, 5) is 16.8. The number of halogens is 1. The highest BCUT2D eigenvalue weighted by atomic mass is 19.1. The lowest BCUT2D eigenvalue weighted by molar-refractivity contribution is 0.101. The number of nitrogens with one attached hydrogen (secondary N) is 1. The van der Waals surface area contributed by atoms with Crippen molar-refractivity contribution in [3.8, 4) is 5.69 Å². The Morgan fingerprint density at radius 1 is 1.12 bits per heavy atom. The average Bonchev–Trinajstić information content (AvgIpc) is 3.20. The van der Waals surface area contributed by atoms with Gasteiger partial charge in [0.2, 0.25) is 0 Å². The number of hydrogen-bond acceptors (Lipinski definition) is 3. The van der Waals surface area contributed by atoms with Crippen molar-refractivity contribution < 1.29 is 9.18 Å². The number of aromatic nitrogens is 4. The molecule has 2 aromatic carbocycles. The Hall–Kier alpha value is -3.48. The standard InChI is InChI=1S/C18H14FN5O/c1-12-15(10-21-24(12)14-8-6-13(19)7-9-14)18(25)22-23-11-20-16-4-2-3-5-17(16)23/h2-11H,1H3,(H,22,25). The van der Waals surface area contributed by atoms with Crippen molar-refractivity contribution in [2.75, 3.05) is 5.43 Å². The van der Waals surface area contributed by atoms with E-state index in [-0.39, 0.29) is 11.7 Å². The topological polar surface area (TPSA) is 64.7 Å². The minimum atomic E-state index is -0.321. The van der Waals surface area contributed by atoms with Gasteiger partial charge in [-0.2, -0.15) is 5.10 Å². The maximum atomic E-state index is 13.1. The Labute approximate surface area is 142 Å². The molecule has 2 heterocycles. The summed E-state index contributed by atoms with van der Waals surface area (Å²) in [6.45, 7) is 1.79. The summed E-state index contributed by atoms with van der Waals surface area (Å²) in [7, 11) is 0. The normalized spacial score (nSPS) is 11.0. The molecule has 25 heavy (non-hydrogen) atoms. The molecule has 0 saturated heterocycles. The first-order valence-corrected chi connectivity index (χ1v) is 7.67. The predicted octanol–water partition coefficient (Wildman–Crippen LogP) is 3.05. The molecule has 0 spiro atoms. The molecule has 0 aliphatic rings. The van der Waals surface area contributed by atoms with E-state index in [4.69, 9.17) is 0 Å². The average molecular weight is 335 g/mol. The van der Waals surface area contributed by atoms with Crippen molar-refractivity contribution in [3.63, 3.8) is 0 Å². The maximum absolute atomic E-state index is 13.1. The molecule has 6 nitrogen and oxygen atoms in total. The molecule has 4 rings (SSSR count). The third kappa shape index (κ3) is 2.65. The number of para-hydroxylation sites is 2. The number of imidazole rings is 1. The van der Waals surface area contributed by atoms with Crippen LogP contribution in [0.5, 0.6) is 0 Å². The Kier molecular flexibility index (Phi) is 3.53. The molecule has 0 unspecified atom stereocenters. The van der Waals surface area contributed by atoms with Gasteiger partial charge in [0.1, 0.15) is 12.1 Å². The molecule has 1 N–H and O–H groups in total. The highest BCUT2D eigenvalue weighted by Crippen LogP contribution is 2.16. The third-order valence-corrected chi connectivity index (χ3v) is 4.00. The second-order valence-electron chi connectivity index (χ2n) is 5.58. The van der Waals surface area contributed by atoms with Crippen LogP contribution in [0.15, 0.2) is 61.1 Å². The van der Waals surface area contributed by atoms with Crippen molar-refractivity contribution in [2.45, 2.75) is 6.92 Å². The number of carbonyl (C=O) groups excluding carboxylic acids is 1. The van der Waals surface area contributed by atoms with Gasteiger partial charge in [-0.15, -0.1) is 0 Å². The lowest BCUT2D eigenvalue weighted by Gasteiger charge is -2.08. The van der Waals surface area contributed by atoms with Crippen molar-refractivity contribution in [3.05, 3.63) is 78.1 Å². The van der Waals surface area contributed by atoms with E-state index in [2.05, 4.69) is 15.5 Å². The molecule has 0 saturated carbocycles. The van der Waals surface area contributed by atoms with Gasteiger partial charge in [0.05, 0.1) is 34.2 Å². The largest absolute Gasteiger partial charge is 0.273 e. The van der Waals surface area contributed by atoms with E-state index in [1.165, 1.54) is 18.3 Å². The molecule has 0 fully saturated rings. The predicted molar refractivity (Wildman–Crippen MR) is 91.7 cm³/mol. The van der Waals surface area contributed by atoms with Crippen LogP contribution >= 0.6 is 0 Å². The number of carbonyl (C=O) groups is 1. The van der Waals surface area contributed by atoms with Crippen LogP contribution in [-0.4, -0.2) is 25.3 Å². The van der Waals surface area contributed by atoms with Gasteiger partial charge in [-0.1, -0.05) is 12.1 Å². The van der Waals surface area contributed by atoms with Crippen LogP contribution in [0.1, 0.15) is 16.1 Å². The molecule has 124 valence electrons. The van der Waals surface area contributed by atoms with Crippen LogP contribution in [0.25, 0.3) is 16.7 Å². The number of fused-ring (bicyclic) bond motifs is 1. The molecule has 7 heteroatoms. The molecule has 0 aliphatic carbocycles. The van der Waals surface area contributed by atoms with Crippen LogP contribution in [0.2, 0.25) is 0 Å². The molecule has 4 aromatic rings. The van der Waals surface area contributed by atoms with Crippen LogP contribution in [-0.2, 0) is 0 Å². The molecular formula is C18H14FN5O. The summed E-state index contributed by atoms with van der Waals surface area (Å²) in [5.41, 5.74) is 6.18. The SMILES string of the molecule is Cc1c(C(=O)Nn2cnc3ccccc32)cnn1-c1ccc(F)cc1. The zero-order valence-electron chi connectivity index (χ0n) is 13.3. The molecule has 0 aliphatic heterocycles. The van der Waals surface area contributed by atoms with Crippen LogP contribution in [0.3, 0.4) is 0 Å². The van der Waals surface area contributed by atoms with E-state index in [9.17, 15) is 9.18 Å². The Balaban J connectivity index is 1.64. The Bertz CT molecular complexity index is 1060. The number of hydrogen-bond donors (Lipinski definition) is 1. The number of rotatable bonds is 3. The minimum Gasteiger partial charge on any atom is -0.267 e. The smallest absolute Gasteiger partial charge is 0.267 e. The fourth-order valence-corrected chi connectivity index (χ4v) is 2.69. The zero-order chi connectivity index (χ0) is 17.4. The fourth-order valence-electron chi connectivity index (χ4n) is 2.69. The van der Waals surface area contributed by atoms with E-state index in [0.29, 0.717) is 16.9 Å². The Morgan fingerprint density at radius 3 is 2.68 bits per heavy atom. The molecule has 1 amide bonds. The van der Waals surface area contributed by atoms with Gasteiger partial charge >= 0.3 is 0 Å². The summed E-state index contributed by atoms with van der Waals surface area (Å²) in [6, 6.07) is 13.4. The highest BCUT2D eigenvalue weighted by molar-refractivity contribution is 6.01. The second kappa shape index (κ2) is 5.86. The Morgan fingerprint density at radius 2 is 1.88 bits per heavy atom. The van der Waals surface area contributed by atoms with Gasteiger partial charge in [-0.05, 0) is 43.3 Å². The minimum absolute atomic E-state index is 0.297. The van der Waals surface area contributed by atoms with Crippen LogP contribution in [0, 0.1) is 12.7 Å². The van der Waals surface area contributed by atoms with E-state index >= 15 is 0 Å². The molecule has 0 atom stereocenters. The van der Waals surface area contributed by atoms with Crippen molar-refractivity contribution in [2.24, 2.45) is 0 Å². The third-order valence-electron chi connectivity index (χ3n) is 4.00. The first-order valence-electron chi connectivity index (χ1n) is 7.67. The van der Waals surface area contributed by atoms with Gasteiger partial charge in [-0.3, -0.25) is 10.2 Å². The van der Waals surface area contributed by atoms with Gasteiger partial charge in [0.15, 0.2) is 0 Å². The van der Waals surface area contributed by atoms with E-state index < -0.39 is 0 Å². The van der Waals surface area contributed by atoms with E-state index in [1.54, 1.807) is 34.7 Å². The van der Waals surface area contributed by atoms with E-state index in [0.717, 1.165) is 11.0 Å². The maximum Gasteiger partial charge on any atom is 0.273 e. The summed E-state index contributed by atoms with van der Waals surface area (Å²) >= 11 is 0. The first-order chi connectivity index (χ1) is 12.1. The van der Waals surface area contributed by atoms with Crippen molar-refractivity contribution >= 4 is 16.9 Å². The summed E-state index contributed by atoms with van der Waals surface area (Å²) < 4.78 is 16.2. The molecule has 0 bridgehead atoms. The summed E-state index contributed by atoms with van der Waals surface area (Å²) in [5.74, 6) is -0.618. The lowest BCUT2D eigenvalue weighted by atomic mass is 10.2. The number of nitrogens with zero attached hydrogens (tertiary/aromatic N) is 4. The summed E-state index contributed by atoms with van der Waals surface area (Å²) in [5, 5.41) is 4.24. The fraction of sp³-hybridized carbons (Fsp3) is 0.0556. The van der Waals surface area contributed by atoms with Gasteiger partial charge in [-0.25, -0.2) is 18.7 Å². The summed E-state index contributed by atoms with van der Waals surface area (Å²) in [6.07, 6.45) is 3.05. The van der Waals surface area contributed by atoms with Crippen molar-refractivity contribution in [1.29, 1.82) is 0 Å². The van der Waals surface area contributed by atoms with Gasteiger partial charge in [0, 0.05) is 0 Å². The molecular weight excluding hydrogens is 321 g/mol. The first kappa shape index (κ1) is 15.1. The van der Waals surface area contributed by atoms with Crippen molar-refractivity contribution in [1.82, 2.24) is 19.4 Å². The quantitative estimate of drug-likeness (QED) is 0.626. The lowest BCUT2D eigenvalue weighted by Crippen LogP contribution is -2.22. The van der Waals surface area contributed by atoms with E-state index in [1.807, 2.05) is 24.3 Å². The monoisotopic (exact) mass is 335 g/mol. The number of benzene rings is 2. The van der Waals surface area contributed by atoms with Gasteiger partial charge in [0.25, 0.3) is 5.91 Å². The molecule has 0 radical (unpaired) electrons. The number of amides is 1. The second-order valence-corrected chi connectivity index (χ2v) is 5.58. The molecule has 2 aromatic heterocycles. The van der Waals surface area contributed by atoms with Crippen LogP contribution < -0.4 is 5.43 Å². The zero-order valence-corrected chi connectivity index (χ0v) is 13.3. The highest BCUT2D eigenvalue weighted by Gasteiger charge is 2.16. The van der Waals surface area contributed by atoms with Crippen LogP contribution in [0.4, 0.5) is 4.39 Å².